The smallest absolute Gasteiger partial charge is 0.293 e. The normalized spacial score (nSPS) is 12.4. The molecule has 5 nitrogen and oxygen atoms in total. The summed E-state index contributed by atoms with van der Waals surface area (Å²) < 4.78 is 4.59. The molecule has 0 spiro atoms. The van der Waals surface area contributed by atoms with E-state index in [1.807, 2.05) is 6.92 Å². The molecule has 0 amide bonds. The van der Waals surface area contributed by atoms with Crippen LogP contribution in [0.5, 0.6) is 0 Å². The molecule has 0 radical (unpaired) electrons. The quantitative estimate of drug-likeness (QED) is 0.634. The summed E-state index contributed by atoms with van der Waals surface area (Å²) in [5.41, 5.74) is 6.26. The van der Waals surface area contributed by atoms with Crippen molar-refractivity contribution in [3.63, 3.8) is 0 Å². The molecule has 0 bridgehead atoms. The molecule has 1 atom stereocenters. The van der Waals surface area contributed by atoms with Crippen molar-refractivity contribution < 1.29 is 9.53 Å². The van der Waals surface area contributed by atoms with E-state index in [2.05, 4.69) is 14.9 Å². The molecular weight excluding hydrogens is 158 g/mol. The monoisotopic (exact) mass is 169 g/mol. The van der Waals surface area contributed by atoms with Gasteiger partial charge in [0.1, 0.15) is 5.82 Å². The zero-order valence-corrected chi connectivity index (χ0v) is 6.78. The van der Waals surface area contributed by atoms with Crippen LogP contribution in [-0.4, -0.2) is 23.3 Å². The molecule has 0 fully saturated rings. The number of nitrogens with one attached hydrogen (secondary N) is 1. The number of carbonyl (C=O) groups excluding carboxylic acids is 1. The summed E-state index contributed by atoms with van der Waals surface area (Å²) in [5.74, 6) is 0.544. The Morgan fingerprint density at radius 3 is 3.17 bits per heavy atom. The highest BCUT2D eigenvalue weighted by atomic mass is 16.5. The SMILES string of the molecule is CC(COC=O)c1cc(N)n[nH]1. The lowest BCUT2D eigenvalue weighted by atomic mass is 10.1. The first-order valence-electron chi connectivity index (χ1n) is 3.60. The third-order valence-electron chi connectivity index (χ3n) is 1.56. The van der Waals surface area contributed by atoms with E-state index in [0.29, 0.717) is 18.9 Å². The number of rotatable bonds is 4. The number of nitrogens with zero attached hydrogens (tertiary/aromatic N) is 1. The fourth-order valence-electron chi connectivity index (χ4n) is 0.879. The minimum Gasteiger partial charge on any atom is -0.467 e. The molecule has 1 rings (SSSR count). The summed E-state index contributed by atoms with van der Waals surface area (Å²) in [6.45, 7) is 2.68. The van der Waals surface area contributed by atoms with E-state index in [-0.39, 0.29) is 5.92 Å². The summed E-state index contributed by atoms with van der Waals surface area (Å²) in [7, 11) is 0. The molecule has 0 aliphatic heterocycles. The Morgan fingerprint density at radius 2 is 2.67 bits per heavy atom. The van der Waals surface area contributed by atoms with E-state index in [0.717, 1.165) is 5.69 Å². The Bertz CT molecular complexity index is 259. The number of nitrogen functional groups attached to an aromatic ring is 1. The van der Waals surface area contributed by atoms with Crippen LogP contribution in [0.4, 0.5) is 5.82 Å². The highest BCUT2D eigenvalue weighted by Gasteiger charge is 2.07. The number of aromatic amines is 1. The number of aromatic nitrogens is 2. The van der Waals surface area contributed by atoms with Gasteiger partial charge in [-0.15, -0.1) is 0 Å². The highest BCUT2D eigenvalue weighted by molar-refractivity contribution is 5.37. The van der Waals surface area contributed by atoms with Gasteiger partial charge in [0.2, 0.25) is 0 Å². The molecule has 0 saturated carbocycles. The largest absolute Gasteiger partial charge is 0.467 e. The fraction of sp³-hybridized carbons (Fsp3) is 0.429. The maximum atomic E-state index is 9.87. The van der Waals surface area contributed by atoms with Crippen molar-refractivity contribution >= 4 is 12.3 Å². The van der Waals surface area contributed by atoms with Crippen LogP contribution in [0.1, 0.15) is 18.5 Å². The number of hydrogen-bond acceptors (Lipinski definition) is 4. The number of anilines is 1. The summed E-state index contributed by atoms with van der Waals surface area (Å²) in [6.07, 6.45) is 0. The van der Waals surface area contributed by atoms with Crippen molar-refractivity contribution in [2.24, 2.45) is 0 Å². The van der Waals surface area contributed by atoms with Gasteiger partial charge >= 0.3 is 0 Å². The minimum absolute atomic E-state index is 0.0972. The number of hydrogen-bond donors (Lipinski definition) is 2. The van der Waals surface area contributed by atoms with Crippen molar-refractivity contribution in [2.75, 3.05) is 12.3 Å². The van der Waals surface area contributed by atoms with Gasteiger partial charge in [-0.3, -0.25) is 9.89 Å². The number of carbonyl (C=O) groups is 1. The van der Waals surface area contributed by atoms with Crippen LogP contribution in [0.15, 0.2) is 6.07 Å². The Hall–Kier alpha value is -1.52. The fourth-order valence-corrected chi connectivity index (χ4v) is 0.879. The van der Waals surface area contributed by atoms with Crippen molar-refractivity contribution in [1.29, 1.82) is 0 Å². The summed E-state index contributed by atoms with van der Waals surface area (Å²) >= 11 is 0. The van der Waals surface area contributed by atoms with Crippen molar-refractivity contribution in [3.05, 3.63) is 11.8 Å². The van der Waals surface area contributed by atoms with Crippen LogP contribution in [0.3, 0.4) is 0 Å². The number of H-pyrrole nitrogens is 1. The van der Waals surface area contributed by atoms with Gasteiger partial charge in [-0.25, -0.2) is 0 Å². The second kappa shape index (κ2) is 3.75. The topological polar surface area (TPSA) is 81.0 Å². The van der Waals surface area contributed by atoms with Gasteiger partial charge in [0.05, 0.1) is 6.61 Å². The van der Waals surface area contributed by atoms with Gasteiger partial charge < -0.3 is 10.5 Å². The molecule has 5 heteroatoms. The molecule has 1 aromatic rings. The van der Waals surface area contributed by atoms with Crippen LogP contribution in [0.25, 0.3) is 0 Å². The minimum atomic E-state index is 0.0972. The molecule has 1 unspecified atom stereocenters. The molecular formula is C7H11N3O2. The first-order chi connectivity index (χ1) is 5.74. The predicted octanol–water partition coefficient (Wildman–Crippen LogP) is 0.268. The van der Waals surface area contributed by atoms with Crippen LogP contribution < -0.4 is 5.73 Å². The summed E-state index contributed by atoms with van der Waals surface area (Å²) in [4.78, 5) is 9.87. The van der Waals surface area contributed by atoms with Gasteiger partial charge in [0, 0.05) is 17.7 Å². The van der Waals surface area contributed by atoms with Crippen molar-refractivity contribution in [2.45, 2.75) is 12.8 Å². The van der Waals surface area contributed by atoms with Gasteiger partial charge in [-0.05, 0) is 0 Å². The van der Waals surface area contributed by atoms with Gasteiger partial charge in [0.25, 0.3) is 6.47 Å². The average molecular weight is 169 g/mol. The highest BCUT2D eigenvalue weighted by Crippen LogP contribution is 2.13. The zero-order chi connectivity index (χ0) is 8.97. The Labute approximate surface area is 69.9 Å². The third-order valence-corrected chi connectivity index (χ3v) is 1.56. The maximum absolute atomic E-state index is 9.87. The average Bonchev–Trinajstić information content (AvgIpc) is 2.47. The van der Waals surface area contributed by atoms with Crippen molar-refractivity contribution in [3.8, 4) is 0 Å². The summed E-state index contributed by atoms with van der Waals surface area (Å²) in [5, 5.41) is 6.50. The Balaban J connectivity index is 2.52. The molecule has 0 aromatic carbocycles. The molecule has 3 N–H and O–H groups in total. The Morgan fingerprint density at radius 1 is 1.92 bits per heavy atom. The first kappa shape index (κ1) is 8.58. The van der Waals surface area contributed by atoms with E-state index in [9.17, 15) is 4.79 Å². The lowest BCUT2D eigenvalue weighted by Crippen LogP contribution is -2.03. The molecule has 0 saturated heterocycles. The first-order valence-corrected chi connectivity index (χ1v) is 3.60. The molecule has 1 aromatic heterocycles. The second-order valence-electron chi connectivity index (χ2n) is 2.58. The standard InChI is InChI=1S/C7H11N3O2/c1-5(3-12-4-11)6-2-7(8)10-9-6/h2,4-5H,3H2,1H3,(H3,8,9,10). The van der Waals surface area contributed by atoms with Gasteiger partial charge in [-0.1, -0.05) is 6.92 Å². The molecule has 12 heavy (non-hydrogen) atoms. The predicted molar refractivity (Wildman–Crippen MR) is 43.4 cm³/mol. The van der Waals surface area contributed by atoms with Crippen LogP contribution in [0.2, 0.25) is 0 Å². The van der Waals surface area contributed by atoms with Gasteiger partial charge in [-0.2, -0.15) is 5.10 Å². The zero-order valence-electron chi connectivity index (χ0n) is 6.78. The van der Waals surface area contributed by atoms with Crippen molar-refractivity contribution in [1.82, 2.24) is 10.2 Å². The van der Waals surface area contributed by atoms with Gasteiger partial charge in [0.15, 0.2) is 0 Å². The molecule has 0 aliphatic carbocycles. The van der Waals surface area contributed by atoms with E-state index in [1.54, 1.807) is 6.07 Å². The third kappa shape index (κ3) is 1.98. The van der Waals surface area contributed by atoms with Crippen LogP contribution >= 0.6 is 0 Å². The second-order valence-corrected chi connectivity index (χ2v) is 2.58. The number of nitrogens with two attached hydrogens (primary N) is 1. The van der Waals surface area contributed by atoms with E-state index >= 15 is 0 Å². The molecule has 66 valence electrons. The van der Waals surface area contributed by atoms with Crippen LogP contribution in [0, 0.1) is 0 Å². The molecule has 0 aliphatic rings. The van der Waals surface area contributed by atoms with E-state index in [4.69, 9.17) is 5.73 Å². The van der Waals surface area contributed by atoms with Crippen LogP contribution in [-0.2, 0) is 9.53 Å². The number of ether oxygens (including phenoxy) is 1. The van der Waals surface area contributed by atoms with E-state index in [1.165, 1.54) is 0 Å². The van der Waals surface area contributed by atoms with E-state index < -0.39 is 0 Å². The summed E-state index contributed by atoms with van der Waals surface area (Å²) in [6, 6.07) is 1.72. The lowest BCUT2D eigenvalue weighted by molar-refractivity contribution is -0.129. The Kier molecular flexibility index (Phi) is 2.68. The lowest BCUT2D eigenvalue weighted by Gasteiger charge is -2.05. The molecule has 1 heterocycles. The maximum Gasteiger partial charge on any atom is 0.293 e.